The lowest BCUT2D eigenvalue weighted by molar-refractivity contribution is -0.135. The minimum absolute atomic E-state index is 0.0439. The molecule has 3 N–H and O–H groups in total. The third-order valence-electron chi connectivity index (χ3n) is 4.44. The molecular formula is C20H20O7. The molecule has 1 saturated heterocycles. The molecule has 2 aromatic rings. The average Bonchev–Trinajstić information content (AvgIpc) is 2.99. The number of hydrogen-bond acceptors (Lipinski definition) is 7. The maximum Gasteiger partial charge on any atom is 0.334 e. The first-order chi connectivity index (χ1) is 12.9. The summed E-state index contributed by atoms with van der Waals surface area (Å²) in [5, 5.41) is 29.3. The summed E-state index contributed by atoms with van der Waals surface area (Å²) in [6.07, 6.45) is 2.12. The summed E-state index contributed by atoms with van der Waals surface area (Å²) in [7, 11) is 2.84. The number of methoxy groups -OCH3 is 2. The van der Waals surface area contributed by atoms with Crippen molar-refractivity contribution in [1.82, 2.24) is 0 Å². The molecule has 1 heterocycles. The number of aromatic hydroxyl groups is 3. The number of phenols is 3. The van der Waals surface area contributed by atoms with Gasteiger partial charge in [0.05, 0.1) is 20.8 Å². The van der Waals surface area contributed by atoms with Gasteiger partial charge in [-0.15, -0.1) is 0 Å². The molecule has 0 radical (unpaired) electrons. The van der Waals surface area contributed by atoms with Crippen LogP contribution in [-0.4, -0.2) is 42.1 Å². The number of benzene rings is 2. The molecule has 0 aromatic heterocycles. The molecule has 0 bridgehead atoms. The fraction of sp³-hybridized carbons (Fsp3) is 0.250. The highest BCUT2D eigenvalue weighted by Gasteiger charge is 2.31. The van der Waals surface area contributed by atoms with Crippen LogP contribution in [0.3, 0.4) is 0 Å². The SMILES string of the molecule is COc1cc(C[C@@H]2COC(=O)C2=Cc2cc(O)c(O)c(OC)c2)ccc1O. The lowest BCUT2D eigenvalue weighted by Crippen LogP contribution is -2.07. The van der Waals surface area contributed by atoms with Crippen molar-refractivity contribution in [3.63, 3.8) is 0 Å². The van der Waals surface area contributed by atoms with Crippen LogP contribution in [0.2, 0.25) is 0 Å². The second-order valence-corrected chi connectivity index (χ2v) is 6.20. The predicted octanol–water partition coefficient (Wildman–Crippen LogP) is 2.62. The van der Waals surface area contributed by atoms with E-state index in [4.69, 9.17) is 14.2 Å². The van der Waals surface area contributed by atoms with Gasteiger partial charge in [0.1, 0.15) is 0 Å². The molecule has 1 atom stereocenters. The first kappa shape index (κ1) is 18.4. The van der Waals surface area contributed by atoms with Gasteiger partial charge < -0.3 is 29.5 Å². The van der Waals surface area contributed by atoms with Crippen molar-refractivity contribution >= 4 is 12.0 Å². The van der Waals surface area contributed by atoms with Crippen LogP contribution in [0.25, 0.3) is 6.08 Å². The Bertz CT molecular complexity index is 901. The predicted molar refractivity (Wildman–Crippen MR) is 97.1 cm³/mol. The summed E-state index contributed by atoms with van der Waals surface area (Å²) in [6.45, 7) is 0.231. The van der Waals surface area contributed by atoms with Crippen LogP contribution in [0.4, 0.5) is 0 Å². The van der Waals surface area contributed by atoms with Crippen LogP contribution >= 0.6 is 0 Å². The van der Waals surface area contributed by atoms with Crippen molar-refractivity contribution in [3.05, 3.63) is 47.0 Å². The van der Waals surface area contributed by atoms with E-state index in [0.29, 0.717) is 23.3 Å². The van der Waals surface area contributed by atoms with Crippen molar-refractivity contribution in [3.8, 4) is 28.7 Å². The highest BCUT2D eigenvalue weighted by atomic mass is 16.5. The number of carbonyl (C=O) groups is 1. The number of phenolic OH excluding ortho intramolecular Hbond substituents is 3. The van der Waals surface area contributed by atoms with E-state index < -0.39 is 5.97 Å². The maximum atomic E-state index is 12.2. The van der Waals surface area contributed by atoms with Crippen molar-refractivity contribution in [2.24, 2.45) is 5.92 Å². The van der Waals surface area contributed by atoms with Gasteiger partial charge in [0.15, 0.2) is 23.0 Å². The molecule has 0 unspecified atom stereocenters. The van der Waals surface area contributed by atoms with Crippen molar-refractivity contribution in [2.45, 2.75) is 6.42 Å². The summed E-state index contributed by atoms with van der Waals surface area (Å²) < 4.78 is 15.3. The zero-order valence-corrected chi connectivity index (χ0v) is 14.9. The Balaban J connectivity index is 1.91. The molecule has 1 aliphatic heterocycles. The van der Waals surface area contributed by atoms with Crippen LogP contribution in [0.1, 0.15) is 11.1 Å². The van der Waals surface area contributed by atoms with Gasteiger partial charge in [0.25, 0.3) is 0 Å². The third-order valence-corrected chi connectivity index (χ3v) is 4.44. The van der Waals surface area contributed by atoms with Gasteiger partial charge in [0, 0.05) is 11.5 Å². The van der Waals surface area contributed by atoms with Gasteiger partial charge in [-0.2, -0.15) is 0 Å². The topological polar surface area (TPSA) is 105 Å². The zero-order valence-electron chi connectivity index (χ0n) is 14.9. The minimum Gasteiger partial charge on any atom is -0.504 e. The van der Waals surface area contributed by atoms with Crippen LogP contribution in [0.15, 0.2) is 35.9 Å². The van der Waals surface area contributed by atoms with E-state index in [1.165, 1.54) is 32.4 Å². The van der Waals surface area contributed by atoms with E-state index in [2.05, 4.69) is 0 Å². The van der Waals surface area contributed by atoms with E-state index in [0.717, 1.165) is 5.56 Å². The van der Waals surface area contributed by atoms with Crippen molar-refractivity contribution in [1.29, 1.82) is 0 Å². The van der Waals surface area contributed by atoms with Gasteiger partial charge in [-0.1, -0.05) is 6.07 Å². The van der Waals surface area contributed by atoms with E-state index in [1.807, 2.05) is 0 Å². The van der Waals surface area contributed by atoms with Crippen molar-refractivity contribution < 1.29 is 34.3 Å². The molecule has 2 aromatic carbocycles. The number of hydrogen-bond donors (Lipinski definition) is 3. The summed E-state index contributed by atoms with van der Waals surface area (Å²) in [6, 6.07) is 7.88. The molecule has 0 spiro atoms. The highest BCUT2D eigenvalue weighted by Crippen LogP contribution is 2.38. The molecule has 7 nitrogen and oxygen atoms in total. The Morgan fingerprint density at radius 2 is 1.81 bits per heavy atom. The molecule has 0 saturated carbocycles. The summed E-state index contributed by atoms with van der Waals surface area (Å²) in [4.78, 5) is 12.2. The molecule has 142 valence electrons. The maximum absolute atomic E-state index is 12.2. The van der Waals surface area contributed by atoms with E-state index in [-0.39, 0.29) is 35.5 Å². The largest absolute Gasteiger partial charge is 0.504 e. The van der Waals surface area contributed by atoms with E-state index >= 15 is 0 Å². The highest BCUT2D eigenvalue weighted by molar-refractivity contribution is 5.96. The Hall–Kier alpha value is -3.35. The average molecular weight is 372 g/mol. The first-order valence-electron chi connectivity index (χ1n) is 8.27. The van der Waals surface area contributed by atoms with E-state index in [9.17, 15) is 20.1 Å². The number of cyclic esters (lactones) is 1. The zero-order chi connectivity index (χ0) is 19.6. The van der Waals surface area contributed by atoms with Crippen LogP contribution in [0, 0.1) is 5.92 Å². The molecule has 1 aliphatic rings. The number of esters is 1. The normalized spacial score (nSPS) is 17.8. The quantitative estimate of drug-likeness (QED) is 0.421. The van der Waals surface area contributed by atoms with Crippen LogP contribution < -0.4 is 9.47 Å². The van der Waals surface area contributed by atoms with Crippen LogP contribution in [0.5, 0.6) is 28.7 Å². The fourth-order valence-electron chi connectivity index (χ4n) is 3.03. The standard InChI is InChI=1S/C20H20O7/c1-25-17-8-11(3-4-15(17)21)5-13-10-27-20(24)14(13)6-12-7-16(22)19(23)18(9-12)26-2/h3-4,6-9,13,21-23H,5,10H2,1-2H3/t13-/m1/s1. The van der Waals surface area contributed by atoms with Gasteiger partial charge in [-0.3, -0.25) is 0 Å². The summed E-state index contributed by atoms with van der Waals surface area (Å²) in [5.41, 5.74) is 1.84. The molecular weight excluding hydrogens is 352 g/mol. The van der Waals surface area contributed by atoms with Gasteiger partial charge in [-0.25, -0.2) is 4.79 Å². The lowest BCUT2D eigenvalue weighted by Gasteiger charge is -2.11. The molecule has 7 heteroatoms. The first-order valence-corrected chi connectivity index (χ1v) is 8.27. The Morgan fingerprint density at radius 1 is 1.07 bits per heavy atom. The number of carbonyl (C=O) groups excluding carboxylic acids is 1. The van der Waals surface area contributed by atoms with Gasteiger partial charge in [0.2, 0.25) is 5.75 Å². The molecule has 27 heavy (non-hydrogen) atoms. The van der Waals surface area contributed by atoms with Gasteiger partial charge in [-0.05, 0) is 47.9 Å². The molecule has 0 aliphatic carbocycles. The second-order valence-electron chi connectivity index (χ2n) is 6.20. The second kappa shape index (κ2) is 7.49. The number of rotatable bonds is 5. The van der Waals surface area contributed by atoms with E-state index in [1.54, 1.807) is 18.2 Å². The lowest BCUT2D eigenvalue weighted by atomic mass is 9.92. The molecule has 3 rings (SSSR count). The molecule has 0 amide bonds. The Kier molecular flexibility index (Phi) is 5.12. The smallest absolute Gasteiger partial charge is 0.334 e. The third kappa shape index (κ3) is 3.76. The Labute approximate surface area is 156 Å². The van der Waals surface area contributed by atoms with Gasteiger partial charge >= 0.3 is 5.97 Å². The summed E-state index contributed by atoms with van der Waals surface area (Å²) in [5.74, 6) is -0.827. The molecule has 1 fully saturated rings. The monoisotopic (exact) mass is 372 g/mol. The minimum atomic E-state index is -0.433. The summed E-state index contributed by atoms with van der Waals surface area (Å²) >= 11 is 0. The fourth-order valence-corrected chi connectivity index (χ4v) is 3.03. The van der Waals surface area contributed by atoms with Crippen molar-refractivity contribution in [2.75, 3.05) is 20.8 Å². The van der Waals surface area contributed by atoms with Crippen LogP contribution in [-0.2, 0) is 16.0 Å². The number of ether oxygens (including phenoxy) is 3. The Morgan fingerprint density at radius 3 is 2.52 bits per heavy atom.